The van der Waals surface area contributed by atoms with Gasteiger partial charge in [-0.1, -0.05) is 59.6 Å². The van der Waals surface area contributed by atoms with Gasteiger partial charge < -0.3 is 18.6 Å². The number of esters is 1. The fourth-order valence-electron chi connectivity index (χ4n) is 4.43. The maximum Gasteiger partial charge on any atom is 0.347 e. The number of ether oxygens (including phenoxy) is 3. The first-order valence-corrected chi connectivity index (χ1v) is 13.1. The molecule has 0 aliphatic carbocycles. The van der Waals surface area contributed by atoms with Crippen LogP contribution in [0.5, 0.6) is 17.2 Å². The summed E-state index contributed by atoms with van der Waals surface area (Å²) in [6, 6.07) is 24.6. The summed E-state index contributed by atoms with van der Waals surface area (Å²) in [7, 11) is 0. The molecule has 0 amide bonds. The van der Waals surface area contributed by atoms with E-state index < -0.39 is 5.97 Å². The number of hydrogen-bond donors (Lipinski definition) is 0. The van der Waals surface area contributed by atoms with E-state index in [9.17, 15) is 9.59 Å². The van der Waals surface area contributed by atoms with Gasteiger partial charge in [0, 0.05) is 21.5 Å². The van der Waals surface area contributed by atoms with Crippen LogP contribution in [0.15, 0.2) is 95.1 Å². The van der Waals surface area contributed by atoms with Gasteiger partial charge in [0.2, 0.25) is 5.78 Å². The van der Waals surface area contributed by atoms with Crippen molar-refractivity contribution in [3.8, 4) is 17.2 Å². The Morgan fingerprint density at radius 3 is 2.52 bits per heavy atom. The Labute approximate surface area is 239 Å². The molecule has 198 valence electrons. The van der Waals surface area contributed by atoms with Crippen molar-refractivity contribution in [3.63, 3.8) is 0 Å². The van der Waals surface area contributed by atoms with Crippen LogP contribution in [0.25, 0.3) is 17.0 Å². The second-order valence-corrected chi connectivity index (χ2v) is 9.96. The van der Waals surface area contributed by atoms with Crippen LogP contribution in [-0.4, -0.2) is 11.8 Å². The van der Waals surface area contributed by atoms with Crippen LogP contribution in [0.2, 0.25) is 10.0 Å². The van der Waals surface area contributed by atoms with E-state index in [-0.39, 0.29) is 28.6 Å². The minimum atomic E-state index is -0.607. The molecule has 4 aromatic carbocycles. The zero-order chi connectivity index (χ0) is 27.8. The Bertz CT molecular complexity index is 1820. The van der Waals surface area contributed by atoms with E-state index in [0.717, 1.165) is 5.56 Å². The summed E-state index contributed by atoms with van der Waals surface area (Å²) in [6.45, 7) is 2.09. The first-order valence-electron chi connectivity index (χ1n) is 12.3. The summed E-state index contributed by atoms with van der Waals surface area (Å²) in [5.74, 6) is 0.684. The molecular weight excluding hydrogens is 551 g/mol. The average molecular weight is 571 g/mol. The van der Waals surface area contributed by atoms with Crippen LogP contribution in [-0.2, 0) is 6.61 Å². The quantitative estimate of drug-likeness (QED) is 0.116. The van der Waals surface area contributed by atoms with Crippen molar-refractivity contribution in [1.29, 1.82) is 0 Å². The summed E-state index contributed by atoms with van der Waals surface area (Å²) in [5.41, 5.74) is 2.78. The molecule has 2 heterocycles. The molecular formula is C32H20Cl2O6. The number of carbonyl (C=O) groups is 2. The first kappa shape index (κ1) is 25.7. The largest absolute Gasteiger partial charge is 0.489 e. The number of Topliss-reactive ketones (excluding diaryl/α,β-unsaturated/α-hetero) is 1. The lowest BCUT2D eigenvalue weighted by atomic mass is 10.1. The Balaban J connectivity index is 1.22. The number of fused-ring (bicyclic) bond motifs is 2. The number of carbonyl (C=O) groups excluding carboxylic acids is 2. The molecule has 40 heavy (non-hydrogen) atoms. The number of aryl methyl sites for hydroxylation is 1. The molecule has 0 spiro atoms. The highest BCUT2D eigenvalue weighted by Crippen LogP contribution is 2.37. The zero-order valence-electron chi connectivity index (χ0n) is 21.1. The molecule has 1 aliphatic heterocycles. The maximum absolute atomic E-state index is 13.3. The number of furan rings is 1. The molecule has 0 saturated heterocycles. The lowest BCUT2D eigenvalue weighted by molar-refractivity contribution is 0.0734. The fraction of sp³-hybridized carbons (Fsp3) is 0.0625. The van der Waals surface area contributed by atoms with Crippen LogP contribution in [0.1, 0.15) is 37.6 Å². The Hall–Kier alpha value is -4.52. The molecule has 0 atom stereocenters. The van der Waals surface area contributed by atoms with E-state index in [4.69, 9.17) is 41.8 Å². The van der Waals surface area contributed by atoms with Gasteiger partial charge >= 0.3 is 5.97 Å². The van der Waals surface area contributed by atoms with Crippen molar-refractivity contribution < 1.29 is 28.2 Å². The highest BCUT2D eigenvalue weighted by Gasteiger charge is 2.29. The van der Waals surface area contributed by atoms with Gasteiger partial charge in [0.05, 0.1) is 5.56 Å². The Kier molecular flexibility index (Phi) is 6.80. The summed E-state index contributed by atoms with van der Waals surface area (Å²) in [5, 5.41) is 1.45. The SMILES string of the molecule is Cc1oc2ccc(OCc3ccccc3)cc2c1C(=O)Oc1ccc2c(c1)OC(=Cc1ccc(Cl)cc1Cl)C2=O. The highest BCUT2D eigenvalue weighted by atomic mass is 35.5. The van der Waals surface area contributed by atoms with Crippen molar-refractivity contribution in [1.82, 2.24) is 0 Å². The first-order chi connectivity index (χ1) is 19.4. The summed E-state index contributed by atoms with van der Waals surface area (Å²) < 4.78 is 23.2. The summed E-state index contributed by atoms with van der Waals surface area (Å²) in [6.07, 6.45) is 1.55. The average Bonchev–Trinajstić information content (AvgIpc) is 3.44. The predicted octanol–water partition coefficient (Wildman–Crippen LogP) is 8.46. The fourth-order valence-corrected chi connectivity index (χ4v) is 4.90. The van der Waals surface area contributed by atoms with Gasteiger partial charge in [-0.2, -0.15) is 0 Å². The molecule has 1 aromatic heterocycles. The third-order valence-electron chi connectivity index (χ3n) is 6.39. The zero-order valence-corrected chi connectivity index (χ0v) is 22.6. The molecule has 0 N–H and O–H groups in total. The van der Waals surface area contributed by atoms with Crippen molar-refractivity contribution >= 4 is 52.0 Å². The molecule has 0 unspecified atom stereocenters. The van der Waals surface area contributed by atoms with Gasteiger partial charge in [-0.15, -0.1) is 0 Å². The number of hydrogen-bond acceptors (Lipinski definition) is 6. The topological polar surface area (TPSA) is 75.0 Å². The number of allylic oxidation sites excluding steroid dienone is 1. The van der Waals surface area contributed by atoms with E-state index in [2.05, 4.69) is 0 Å². The third kappa shape index (κ3) is 5.07. The van der Waals surface area contributed by atoms with Crippen molar-refractivity contribution in [3.05, 3.63) is 129 Å². The van der Waals surface area contributed by atoms with E-state index in [1.807, 2.05) is 30.3 Å². The number of rotatable bonds is 6. The maximum atomic E-state index is 13.3. The van der Waals surface area contributed by atoms with Gasteiger partial charge in [0.15, 0.2) is 5.76 Å². The predicted molar refractivity (Wildman–Crippen MR) is 153 cm³/mol. The Morgan fingerprint density at radius 1 is 0.925 bits per heavy atom. The molecule has 8 heteroatoms. The second-order valence-electron chi connectivity index (χ2n) is 9.12. The van der Waals surface area contributed by atoms with Crippen molar-refractivity contribution in [2.75, 3.05) is 0 Å². The summed E-state index contributed by atoms with van der Waals surface area (Å²) in [4.78, 5) is 26.1. The van der Waals surface area contributed by atoms with Crippen molar-refractivity contribution in [2.45, 2.75) is 13.5 Å². The number of halogens is 2. The highest BCUT2D eigenvalue weighted by molar-refractivity contribution is 6.35. The van der Waals surface area contributed by atoms with Gasteiger partial charge in [-0.05, 0) is 66.6 Å². The minimum absolute atomic E-state index is 0.0994. The van der Waals surface area contributed by atoms with E-state index >= 15 is 0 Å². The van der Waals surface area contributed by atoms with Crippen LogP contribution in [0.3, 0.4) is 0 Å². The van der Waals surface area contributed by atoms with E-state index in [0.29, 0.717) is 50.3 Å². The van der Waals surface area contributed by atoms with E-state index in [1.54, 1.807) is 61.5 Å². The second kappa shape index (κ2) is 10.6. The third-order valence-corrected chi connectivity index (χ3v) is 6.95. The van der Waals surface area contributed by atoms with Crippen LogP contribution < -0.4 is 14.2 Å². The van der Waals surface area contributed by atoms with Gasteiger partial charge in [0.1, 0.15) is 40.8 Å². The van der Waals surface area contributed by atoms with Crippen molar-refractivity contribution in [2.24, 2.45) is 0 Å². The lowest BCUT2D eigenvalue weighted by Crippen LogP contribution is -2.09. The number of benzene rings is 4. The molecule has 0 fully saturated rings. The number of ketones is 1. The molecule has 0 radical (unpaired) electrons. The standard InChI is InChI=1S/C32H20Cl2O6/c1-18-30(25-15-22(10-12-27(25)38-18)37-17-19-5-3-2-4-6-19)32(36)39-23-9-11-24-28(16-23)40-29(31(24)35)13-20-7-8-21(33)14-26(20)34/h2-16H,17H2,1H3. The van der Waals surface area contributed by atoms with Crippen LogP contribution >= 0.6 is 23.2 Å². The molecule has 0 saturated carbocycles. The Morgan fingerprint density at radius 2 is 1.73 bits per heavy atom. The molecule has 6 nitrogen and oxygen atoms in total. The van der Waals surface area contributed by atoms with Crippen LogP contribution in [0, 0.1) is 6.92 Å². The normalized spacial score (nSPS) is 13.4. The van der Waals surface area contributed by atoms with Gasteiger partial charge in [-0.3, -0.25) is 4.79 Å². The van der Waals surface area contributed by atoms with E-state index in [1.165, 1.54) is 6.07 Å². The smallest absolute Gasteiger partial charge is 0.347 e. The molecule has 0 bridgehead atoms. The molecule has 5 aromatic rings. The molecule has 6 rings (SSSR count). The van der Waals surface area contributed by atoms with Gasteiger partial charge in [0.25, 0.3) is 0 Å². The monoisotopic (exact) mass is 570 g/mol. The van der Waals surface area contributed by atoms with Crippen LogP contribution in [0.4, 0.5) is 0 Å². The lowest BCUT2D eigenvalue weighted by Gasteiger charge is -2.07. The van der Waals surface area contributed by atoms with Gasteiger partial charge in [-0.25, -0.2) is 4.79 Å². The molecule has 1 aliphatic rings. The summed E-state index contributed by atoms with van der Waals surface area (Å²) >= 11 is 12.2. The minimum Gasteiger partial charge on any atom is -0.489 e.